The standard InChI is InChI=1S/C23H18ClN3O5/c24-16-9-5-13(6-10-16)12-25(21(28)17-3-1-2-4-18(17)27(31)32)26-22(29)19-14-7-8-15(11-14)20(19)23(26)30/h1-10,14-15,19-20H,11-12H2/t14-,15-,19-,20-/m0/s1. The third-order valence-electron chi connectivity index (χ3n) is 6.50. The maximum absolute atomic E-state index is 13.6. The molecule has 1 aliphatic heterocycles. The van der Waals surface area contributed by atoms with E-state index in [0.29, 0.717) is 10.6 Å². The number of hydrogen-bond donors (Lipinski definition) is 0. The van der Waals surface area contributed by atoms with E-state index in [1.165, 1.54) is 24.3 Å². The van der Waals surface area contributed by atoms with Crippen LogP contribution in [-0.2, 0) is 16.1 Å². The molecule has 3 aliphatic rings. The molecule has 1 saturated carbocycles. The highest BCUT2D eigenvalue weighted by molar-refractivity contribution is 6.30. The second kappa shape index (κ2) is 7.56. The molecule has 5 rings (SSSR count). The zero-order valence-corrected chi connectivity index (χ0v) is 17.5. The van der Waals surface area contributed by atoms with E-state index in [4.69, 9.17) is 11.6 Å². The van der Waals surface area contributed by atoms with Crippen LogP contribution in [0.1, 0.15) is 22.3 Å². The van der Waals surface area contributed by atoms with Gasteiger partial charge in [0, 0.05) is 11.1 Å². The smallest absolute Gasteiger partial charge is 0.272 e. The van der Waals surface area contributed by atoms with E-state index >= 15 is 0 Å². The van der Waals surface area contributed by atoms with Crippen molar-refractivity contribution in [1.29, 1.82) is 0 Å². The molecule has 3 amide bonds. The molecule has 0 unspecified atom stereocenters. The molecule has 1 heterocycles. The maximum Gasteiger partial charge on any atom is 0.282 e. The third-order valence-corrected chi connectivity index (χ3v) is 6.75. The molecule has 162 valence electrons. The Morgan fingerprint density at radius 3 is 2.22 bits per heavy atom. The summed E-state index contributed by atoms with van der Waals surface area (Å²) >= 11 is 5.96. The minimum absolute atomic E-state index is 0.0232. The Kier molecular flexibility index (Phi) is 4.82. The number of nitro benzene ring substituents is 1. The number of halogens is 1. The lowest BCUT2D eigenvalue weighted by Crippen LogP contribution is -2.50. The number of nitrogens with zero attached hydrogens (tertiary/aromatic N) is 3. The third kappa shape index (κ3) is 3.10. The summed E-state index contributed by atoms with van der Waals surface area (Å²) in [5, 5.41) is 14.0. The molecule has 2 bridgehead atoms. The molecular formula is C23H18ClN3O5. The summed E-state index contributed by atoms with van der Waals surface area (Å²) in [6.45, 7) is -0.109. The number of amides is 3. The molecule has 0 aromatic heterocycles. The topological polar surface area (TPSA) is 101 Å². The van der Waals surface area contributed by atoms with Gasteiger partial charge in [-0.05, 0) is 42.0 Å². The Balaban J connectivity index is 1.56. The van der Waals surface area contributed by atoms with Crippen molar-refractivity contribution < 1.29 is 19.3 Å². The number of rotatable bonds is 5. The summed E-state index contributed by atoms with van der Waals surface area (Å²) in [6, 6.07) is 12.1. The lowest BCUT2D eigenvalue weighted by molar-refractivity contribution is -0.385. The molecular weight excluding hydrogens is 434 g/mol. The zero-order chi connectivity index (χ0) is 22.6. The van der Waals surface area contributed by atoms with Crippen LogP contribution in [0, 0.1) is 33.8 Å². The van der Waals surface area contributed by atoms with Gasteiger partial charge in [0.1, 0.15) is 5.56 Å². The van der Waals surface area contributed by atoms with Crippen molar-refractivity contribution in [2.45, 2.75) is 13.0 Å². The zero-order valence-electron chi connectivity index (χ0n) is 16.8. The van der Waals surface area contributed by atoms with E-state index in [2.05, 4.69) is 0 Å². The molecule has 9 heteroatoms. The number of para-hydroxylation sites is 1. The second-order valence-corrected chi connectivity index (χ2v) is 8.69. The second-order valence-electron chi connectivity index (χ2n) is 8.25. The van der Waals surface area contributed by atoms with Crippen molar-refractivity contribution in [2.24, 2.45) is 23.7 Å². The molecule has 0 radical (unpaired) electrons. The van der Waals surface area contributed by atoms with Gasteiger partial charge in [-0.3, -0.25) is 24.5 Å². The molecule has 2 aromatic rings. The molecule has 4 atom stereocenters. The number of carbonyl (C=O) groups excluding carboxylic acids is 3. The van der Waals surface area contributed by atoms with Crippen LogP contribution in [0.2, 0.25) is 5.02 Å². The molecule has 1 saturated heterocycles. The van der Waals surface area contributed by atoms with Crippen LogP contribution in [0.5, 0.6) is 0 Å². The van der Waals surface area contributed by atoms with Crippen molar-refractivity contribution >= 4 is 35.0 Å². The van der Waals surface area contributed by atoms with Gasteiger partial charge in [-0.2, -0.15) is 5.01 Å². The fraction of sp³-hybridized carbons (Fsp3) is 0.261. The predicted molar refractivity (Wildman–Crippen MR) is 114 cm³/mol. The van der Waals surface area contributed by atoms with Gasteiger partial charge in [0.15, 0.2) is 0 Å². The minimum Gasteiger partial charge on any atom is -0.272 e. The van der Waals surface area contributed by atoms with Gasteiger partial charge in [0.2, 0.25) is 0 Å². The Labute approximate surface area is 188 Å². The van der Waals surface area contributed by atoms with Crippen molar-refractivity contribution in [3.05, 3.63) is 86.9 Å². The van der Waals surface area contributed by atoms with Crippen molar-refractivity contribution in [1.82, 2.24) is 10.0 Å². The lowest BCUT2D eigenvalue weighted by atomic mass is 9.85. The van der Waals surface area contributed by atoms with Crippen molar-refractivity contribution in [3.63, 3.8) is 0 Å². The SMILES string of the molecule is O=C(c1ccccc1[N+](=O)[O-])N(Cc1ccc(Cl)cc1)N1C(=O)[C@@H]2[C@@H](C1=O)[C@H]1C=C[C@H]2C1. The summed E-state index contributed by atoms with van der Waals surface area (Å²) in [5.74, 6) is -2.69. The maximum atomic E-state index is 13.6. The molecule has 0 spiro atoms. The highest BCUT2D eigenvalue weighted by Crippen LogP contribution is 2.53. The number of hydrogen-bond acceptors (Lipinski definition) is 5. The first-order chi connectivity index (χ1) is 15.4. The number of benzene rings is 2. The van der Waals surface area contributed by atoms with Crippen LogP contribution in [0.15, 0.2) is 60.7 Å². The summed E-state index contributed by atoms with van der Waals surface area (Å²) < 4.78 is 0. The van der Waals surface area contributed by atoms with Gasteiger partial charge in [-0.25, -0.2) is 5.01 Å². The largest absolute Gasteiger partial charge is 0.282 e. The summed E-state index contributed by atoms with van der Waals surface area (Å²) in [4.78, 5) is 51.1. The molecule has 2 aromatic carbocycles. The first-order valence-electron chi connectivity index (χ1n) is 10.2. The van der Waals surface area contributed by atoms with E-state index in [1.54, 1.807) is 24.3 Å². The first kappa shape index (κ1) is 20.4. The van der Waals surface area contributed by atoms with E-state index in [-0.39, 0.29) is 29.6 Å². The Morgan fingerprint density at radius 2 is 1.62 bits per heavy atom. The summed E-state index contributed by atoms with van der Waals surface area (Å²) in [5.41, 5.74) is 0.0462. The van der Waals surface area contributed by atoms with Gasteiger partial charge < -0.3 is 0 Å². The molecule has 2 fully saturated rings. The molecule has 0 N–H and O–H groups in total. The van der Waals surface area contributed by atoms with Crippen LogP contribution in [0.3, 0.4) is 0 Å². The van der Waals surface area contributed by atoms with Crippen LogP contribution in [0.25, 0.3) is 0 Å². The monoisotopic (exact) mass is 451 g/mol. The minimum atomic E-state index is -0.783. The average Bonchev–Trinajstić information content (AvgIpc) is 3.47. The van der Waals surface area contributed by atoms with Gasteiger partial charge in [-0.1, -0.05) is 48.0 Å². The van der Waals surface area contributed by atoms with E-state index in [1.807, 2.05) is 12.2 Å². The van der Waals surface area contributed by atoms with E-state index in [0.717, 1.165) is 16.4 Å². The van der Waals surface area contributed by atoms with E-state index in [9.17, 15) is 24.5 Å². The van der Waals surface area contributed by atoms with Gasteiger partial charge in [0.05, 0.1) is 23.3 Å². The quantitative estimate of drug-likeness (QED) is 0.299. The fourth-order valence-electron chi connectivity index (χ4n) is 5.07. The van der Waals surface area contributed by atoms with Crippen molar-refractivity contribution in [3.8, 4) is 0 Å². The summed E-state index contributed by atoms with van der Waals surface area (Å²) in [6.07, 6.45) is 4.69. The highest BCUT2D eigenvalue weighted by atomic mass is 35.5. The number of fused-ring (bicyclic) bond motifs is 5. The van der Waals surface area contributed by atoms with Crippen LogP contribution in [0.4, 0.5) is 5.69 Å². The molecule has 8 nitrogen and oxygen atoms in total. The molecule has 2 aliphatic carbocycles. The Morgan fingerprint density at radius 1 is 1.03 bits per heavy atom. The number of hydrazine groups is 1. The average molecular weight is 452 g/mol. The molecule has 32 heavy (non-hydrogen) atoms. The van der Waals surface area contributed by atoms with E-state index < -0.39 is 34.5 Å². The number of carbonyl (C=O) groups is 3. The Hall–Kier alpha value is -3.52. The number of nitro groups is 1. The Bertz CT molecular complexity index is 1150. The number of imide groups is 1. The number of allylic oxidation sites excluding steroid dienone is 2. The lowest BCUT2D eigenvalue weighted by Gasteiger charge is -2.31. The summed E-state index contributed by atoms with van der Waals surface area (Å²) in [7, 11) is 0. The van der Waals surface area contributed by atoms with Crippen LogP contribution >= 0.6 is 11.6 Å². The normalized spacial score (nSPS) is 25.3. The highest BCUT2D eigenvalue weighted by Gasteiger charge is 2.61. The first-order valence-corrected chi connectivity index (χ1v) is 10.6. The predicted octanol–water partition coefficient (Wildman–Crippen LogP) is 3.61. The fourth-order valence-corrected chi connectivity index (χ4v) is 5.20. The van der Waals surface area contributed by atoms with Gasteiger partial charge in [0.25, 0.3) is 23.4 Å². The van der Waals surface area contributed by atoms with Crippen LogP contribution in [-0.4, -0.2) is 32.7 Å². The van der Waals surface area contributed by atoms with Crippen molar-refractivity contribution in [2.75, 3.05) is 0 Å². The van der Waals surface area contributed by atoms with Gasteiger partial charge in [-0.15, -0.1) is 0 Å². The van der Waals surface area contributed by atoms with Gasteiger partial charge >= 0.3 is 0 Å². The van der Waals surface area contributed by atoms with Crippen LogP contribution < -0.4 is 0 Å².